The summed E-state index contributed by atoms with van der Waals surface area (Å²) < 4.78 is 14.9. The Bertz CT molecular complexity index is 539. The van der Waals surface area contributed by atoms with E-state index in [1.165, 1.54) is 6.07 Å². The second-order valence-corrected chi connectivity index (χ2v) is 6.70. The van der Waals surface area contributed by atoms with Crippen molar-refractivity contribution in [3.63, 3.8) is 0 Å². The summed E-state index contributed by atoms with van der Waals surface area (Å²) in [5.74, 6) is -0.745. The van der Waals surface area contributed by atoms with E-state index in [0.29, 0.717) is 4.47 Å². The van der Waals surface area contributed by atoms with Gasteiger partial charge in [-0.15, -0.1) is 0 Å². The highest BCUT2D eigenvalue weighted by Crippen LogP contribution is 2.39. The fourth-order valence-electron chi connectivity index (χ4n) is 3.43. The van der Waals surface area contributed by atoms with Gasteiger partial charge in [-0.25, -0.2) is 4.39 Å². The van der Waals surface area contributed by atoms with Gasteiger partial charge in [-0.3, -0.25) is 9.69 Å². The predicted molar refractivity (Wildman–Crippen MR) is 87.6 cm³/mol. The van der Waals surface area contributed by atoms with Crippen LogP contribution in [0, 0.1) is 5.82 Å². The highest BCUT2D eigenvalue weighted by Gasteiger charge is 2.46. The van der Waals surface area contributed by atoms with E-state index in [2.05, 4.69) is 20.8 Å². The van der Waals surface area contributed by atoms with Gasteiger partial charge in [0.05, 0.1) is 16.1 Å². The van der Waals surface area contributed by atoms with Gasteiger partial charge in [-0.1, -0.05) is 38.3 Å². The molecule has 0 radical (unpaired) electrons. The number of benzene rings is 1. The van der Waals surface area contributed by atoms with Crippen LogP contribution in [0.2, 0.25) is 5.02 Å². The summed E-state index contributed by atoms with van der Waals surface area (Å²) in [4.78, 5) is 15.2. The molecule has 0 amide bonds. The van der Waals surface area contributed by atoms with Crippen molar-refractivity contribution in [2.24, 2.45) is 0 Å². The number of carbonyl (C=O) groups excluding carboxylic acids is 1. The topological polar surface area (TPSA) is 20.3 Å². The maximum atomic E-state index is 14.4. The molecule has 0 aliphatic heterocycles. The highest BCUT2D eigenvalue weighted by molar-refractivity contribution is 9.10. The fraction of sp³-hybridized carbons (Fsp3) is 0.562. The Morgan fingerprint density at radius 2 is 1.90 bits per heavy atom. The lowest BCUT2D eigenvalue weighted by Crippen LogP contribution is -2.52. The first-order valence-electron chi connectivity index (χ1n) is 7.41. The zero-order chi connectivity index (χ0) is 15.6. The van der Waals surface area contributed by atoms with Crippen molar-refractivity contribution < 1.29 is 9.18 Å². The van der Waals surface area contributed by atoms with E-state index < -0.39 is 11.4 Å². The molecule has 0 bridgehead atoms. The van der Waals surface area contributed by atoms with Crippen LogP contribution >= 0.6 is 27.5 Å². The maximum Gasteiger partial charge on any atom is 0.186 e. The molecular formula is C16H20BrClFNO. The van der Waals surface area contributed by atoms with E-state index in [1.807, 2.05) is 13.8 Å². The van der Waals surface area contributed by atoms with Crippen molar-refractivity contribution in [3.8, 4) is 0 Å². The standard InChI is InChI=1S/C16H20BrClFNO/c1-3-20(4-2)16(9-5-6-10-16)15(21)11-7-8-12(17)13(18)14(11)19/h7-8H,3-6,9-10H2,1-2H3. The van der Waals surface area contributed by atoms with Crippen molar-refractivity contribution in [2.45, 2.75) is 45.1 Å². The third-order valence-corrected chi connectivity index (χ3v) is 5.76. The average Bonchev–Trinajstić information content (AvgIpc) is 2.96. The Morgan fingerprint density at radius 3 is 2.43 bits per heavy atom. The van der Waals surface area contributed by atoms with Gasteiger partial charge in [0, 0.05) is 4.47 Å². The van der Waals surface area contributed by atoms with Gasteiger partial charge in [0.25, 0.3) is 0 Å². The van der Waals surface area contributed by atoms with Crippen LogP contribution in [0.4, 0.5) is 4.39 Å². The average molecular weight is 377 g/mol. The molecular weight excluding hydrogens is 357 g/mol. The predicted octanol–water partition coefficient (Wildman–Crippen LogP) is 5.08. The fourth-order valence-corrected chi connectivity index (χ4v) is 3.90. The van der Waals surface area contributed by atoms with Gasteiger partial charge in [0.1, 0.15) is 0 Å². The molecule has 0 aromatic heterocycles. The monoisotopic (exact) mass is 375 g/mol. The summed E-state index contributed by atoms with van der Waals surface area (Å²) >= 11 is 9.13. The number of likely N-dealkylation sites (N-methyl/N-ethyl adjacent to an activating group) is 1. The molecule has 0 spiro atoms. The molecule has 1 aliphatic carbocycles. The Hall–Kier alpha value is -0.450. The number of hydrogen-bond acceptors (Lipinski definition) is 2. The molecule has 1 aromatic carbocycles. The van der Waals surface area contributed by atoms with Crippen molar-refractivity contribution in [1.29, 1.82) is 0 Å². The number of rotatable bonds is 5. The van der Waals surface area contributed by atoms with E-state index in [1.54, 1.807) is 6.07 Å². The number of carbonyl (C=O) groups is 1. The van der Waals surface area contributed by atoms with Crippen LogP contribution in [0.3, 0.4) is 0 Å². The Morgan fingerprint density at radius 1 is 1.33 bits per heavy atom. The normalized spacial score (nSPS) is 17.4. The van der Waals surface area contributed by atoms with Crippen LogP contribution in [0.25, 0.3) is 0 Å². The van der Waals surface area contributed by atoms with E-state index in [0.717, 1.165) is 38.8 Å². The molecule has 0 atom stereocenters. The molecule has 0 unspecified atom stereocenters. The van der Waals surface area contributed by atoms with Gasteiger partial charge in [0.2, 0.25) is 0 Å². The second-order valence-electron chi connectivity index (χ2n) is 5.46. The van der Waals surface area contributed by atoms with Gasteiger partial charge in [0.15, 0.2) is 11.6 Å². The van der Waals surface area contributed by atoms with Crippen LogP contribution in [-0.4, -0.2) is 29.3 Å². The third-order valence-electron chi connectivity index (χ3n) is 4.50. The summed E-state index contributed by atoms with van der Waals surface area (Å²) in [6.07, 6.45) is 3.60. The summed E-state index contributed by atoms with van der Waals surface area (Å²) in [5.41, 5.74) is -0.460. The maximum absolute atomic E-state index is 14.4. The van der Waals surface area contributed by atoms with Crippen LogP contribution < -0.4 is 0 Å². The summed E-state index contributed by atoms with van der Waals surface area (Å²) in [7, 11) is 0. The number of Topliss-reactive ketones (excluding diaryl/α,β-unsaturated/α-hetero) is 1. The molecule has 2 rings (SSSR count). The molecule has 0 saturated heterocycles. The number of nitrogens with zero attached hydrogens (tertiary/aromatic N) is 1. The molecule has 5 heteroatoms. The first kappa shape index (κ1) is 16.9. The summed E-state index contributed by atoms with van der Waals surface area (Å²) in [6, 6.07) is 3.18. The van der Waals surface area contributed by atoms with Gasteiger partial charge in [-0.2, -0.15) is 0 Å². The molecule has 0 heterocycles. The molecule has 2 nitrogen and oxygen atoms in total. The third kappa shape index (κ3) is 2.90. The Labute approximate surface area is 138 Å². The molecule has 1 saturated carbocycles. The first-order chi connectivity index (χ1) is 9.97. The highest BCUT2D eigenvalue weighted by atomic mass is 79.9. The number of hydrogen-bond donors (Lipinski definition) is 0. The molecule has 116 valence electrons. The lowest BCUT2D eigenvalue weighted by atomic mass is 9.85. The second kappa shape index (κ2) is 6.76. The molecule has 0 N–H and O–H groups in total. The Balaban J connectivity index is 2.47. The van der Waals surface area contributed by atoms with E-state index in [-0.39, 0.29) is 16.4 Å². The van der Waals surface area contributed by atoms with Crippen LogP contribution in [0.15, 0.2) is 16.6 Å². The Kier molecular flexibility index (Phi) is 5.44. The van der Waals surface area contributed by atoms with E-state index in [4.69, 9.17) is 11.6 Å². The van der Waals surface area contributed by atoms with Crippen molar-refractivity contribution in [1.82, 2.24) is 4.90 Å². The van der Waals surface area contributed by atoms with E-state index >= 15 is 0 Å². The quantitative estimate of drug-likeness (QED) is 0.527. The van der Waals surface area contributed by atoms with Gasteiger partial charge < -0.3 is 0 Å². The number of halogens is 3. The van der Waals surface area contributed by atoms with E-state index in [9.17, 15) is 9.18 Å². The minimum Gasteiger partial charge on any atom is -0.292 e. The molecule has 1 aromatic rings. The first-order valence-corrected chi connectivity index (χ1v) is 8.58. The van der Waals surface area contributed by atoms with Crippen molar-refractivity contribution >= 4 is 33.3 Å². The van der Waals surface area contributed by atoms with Gasteiger partial charge in [-0.05, 0) is 54.0 Å². The molecule has 1 aliphatic rings. The lowest BCUT2D eigenvalue weighted by Gasteiger charge is -2.39. The largest absolute Gasteiger partial charge is 0.292 e. The van der Waals surface area contributed by atoms with Crippen molar-refractivity contribution in [2.75, 3.05) is 13.1 Å². The molecule has 21 heavy (non-hydrogen) atoms. The number of ketones is 1. The zero-order valence-electron chi connectivity index (χ0n) is 12.4. The van der Waals surface area contributed by atoms with Crippen molar-refractivity contribution in [3.05, 3.63) is 33.0 Å². The smallest absolute Gasteiger partial charge is 0.186 e. The van der Waals surface area contributed by atoms with Crippen LogP contribution in [-0.2, 0) is 0 Å². The minimum atomic E-state index is -0.616. The van der Waals surface area contributed by atoms with Gasteiger partial charge >= 0.3 is 0 Å². The molecule has 1 fully saturated rings. The summed E-state index contributed by atoms with van der Waals surface area (Å²) in [6.45, 7) is 5.66. The van der Waals surface area contributed by atoms with Crippen LogP contribution in [0.1, 0.15) is 49.9 Å². The summed E-state index contributed by atoms with van der Waals surface area (Å²) in [5, 5.41) is -0.0199. The lowest BCUT2D eigenvalue weighted by molar-refractivity contribution is 0.0580. The van der Waals surface area contributed by atoms with Crippen LogP contribution in [0.5, 0.6) is 0 Å². The SMILES string of the molecule is CCN(CC)C1(C(=O)c2ccc(Br)c(Cl)c2F)CCCC1. The minimum absolute atomic E-state index is 0.0199. The zero-order valence-corrected chi connectivity index (χ0v) is 14.7.